The fraction of sp³-hybridized carbons (Fsp3) is 0.143. The van der Waals surface area contributed by atoms with Gasteiger partial charge in [0.05, 0.1) is 0 Å². The molecular weight excluding hydrogens is 203 g/mol. The van der Waals surface area contributed by atoms with Gasteiger partial charge in [0.2, 0.25) is 0 Å². The first-order valence-electron chi connectivity index (χ1n) is 3.05. The maximum absolute atomic E-state index is 10.6. The molecule has 0 bridgehead atoms. The number of benzene rings is 1. The maximum Gasteiger partial charge on any atom is 1.00 e. The summed E-state index contributed by atoms with van der Waals surface area (Å²) >= 11 is 4.24. The van der Waals surface area contributed by atoms with Gasteiger partial charge in [-0.15, -0.1) is 0 Å². The first kappa shape index (κ1) is 12.6. The van der Waals surface area contributed by atoms with Crippen LogP contribution in [0, 0.1) is 0 Å². The molecular formula is C7H7NaO2S2. The van der Waals surface area contributed by atoms with Crippen LogP contribution in [-0.4, -0.2) is 8.76 Å². The van der Waals surface area contributed by atoms with E-state index in [0.29, 0.717) is 0 Å². The number of hydrogen-bond acceptors (Lipinski definition) is 3. The summed E-state index contributed by atoms with van der Waals surface area (Å²) in [5.41, 5.74) is 0.738. The van der Waals surface area contributed by atoms with Gasteiger partial charge < -0.3 is 4.55 Å². The largest absolute Gasteiger partial charge is 1.00 e. The Morgan fingerprint density at radius 1 is 1.33 bits per heavy atom. The van der Waals surface area contributed by atoms with E-state index in [9.17, 15) is 8.76 Å². The zero-order valence-electron chi connectivity index (χ0n) is 6.73. The van der Waals surface area contributed by atoms with Crippen molar-refractivity contribution in [3.63, 3.8) is 0 Å². The summed E-state index contributed by atoms with van der Waals surface area (Å²) in [6.07, 6.45) is 0. The van der Waals surface area contributed by atoms with Crippen LogP contribution < -0.4 is 29.6 Å². The third kappa shape index (κ3) is 5.24. The molecule has 0 aromatic heterocycles. The minimum absolute atomic E-state index is 0. The topological polar surface area (TPSA) is 40.1 Å². The zero-order chi connectivity index (χ0) is 8.32. The van der Waals surface area contributed by atoms with Crippen molar-refractivity contribution in [1.82, 2.24) is 0 Å². The molecule has 0 amide bonds. The van der Waals surface area contributed by atoms with E-state index in [4.69, 9.17) is 0 Å². The Morgan fingerprint density at radius 2 is 1.83 bits per heavy atom. The standard InChI is InChI=1S/C7H8O2S2.Na/c8-11(9,10)6-7-4-2-1-3-5-7;/h1-5H,6H2,(H,8,9,10);/q;+1/p-1. The van der Waals surface area contributed by atoms with Crippen molar-refractivity contribution in [2.45, 2.75) is 5.75 Å². The van der Waals surface area contributed by atoms with E-state index in [1.165, 1.54) is 0 Å². The molecule has 1 atom stereocenters. The Balaban J connectivity index is 0.00000121. The summed E-state index contributed by atoms with van der Waals surface area (Å²) in [5.74, 6) is -0.0524. The molecule has 5 heteroatoms. The molecule has 0 fully saturated rings. The molecule has 0 aliphatic heterocycles. The number of hydrogen-bond donors (Lipinski definition) is 0. The summed E-state index contributed by atoms with van der Waals surface area (Å²) in [6.45, 7) is 0. The Hall–Kier alpha value is 0.550. The molecule has 2 nitrogen and oxygen atoms in total. The van der Waals surface area contributed by atoms with E-state index in [-0.39, 0.29) is 35.3 Å². The predicted molar refractivity (Wildman–Crippen MR) is 46.4 cm³/mol. The maximum atomic E-state index is 10.6. The van der Waals surface area contributed by atoms with Crippen molar-refractivity contribution in [1.29, 1.82) is 0 Å². The molecule has 0 aliphatic carbocycles. The fourth-order valence-corrected chi connectivity index (χ4v) is 1.79. The van der Waals surface area contributed by atoms with Crippen LogP contribution >= 0.6 is 0 Å². The predicted octanol–water partition coefficient (Wildman–Crippen LogP) is -1.93. The molecule has 0 radical (unpaired) electrons. The molecule has 0 saturated carbocycles. The quantitative estimate of drug-likeness (QED) is 0.534. The second-order valence-electron chi connectivity index (χ2n) is 2.19. The molecule has 1 aromatic rings. The molecule has 1 aromatic carbocycles. The van der Waals surface area contributed by atoms with Crippen molar-refractivity contribution in [2.75, 3.05) is 0 Å². The molecule has 1 rings (SSSR count). The number of rotatable bonds is 2. The second-order valence-corrected chi connectivity index (χ2v) is 5.12. The molecule has 12 heavy (non-hydrogen) atoms. The third-order valence-electron chi connectivity index (χ3n) is 1.19. The van der Waals surface area contributed by atoms with Gasteiger partial charge in [-0.3, -0.25) is 4.21 Å². The average Bonchev–Trinajstić information content (AvgIpc) is 1.85. The molecule has 0 saturated heterocycles. The average molecular weight is 210 g/mol. The summed E-state index contributed by atoms with van der Waals surface area (Å²) in [7, 11) is -3.29. The second kappa shape index (κ2) is 5.32. The Kier molecular flexibility index (Phi) is 5.56. The van der Waals surface area contributed by atoms with Gasteiger partial charge >= 0.3 is 29.6 Å². The van der Waals surface area contributed by atoms with Gasteiger partial charge in [-0.25, -0.2) is 0 Å². The minimum Gasteiger partial charge on any atom is -0.769 e. The van der Waals surface area contributed by atoms with Gasteiger partial charge in [0.15, 0.2) is 0 Å². The van der Waals surface area contributed by atoms with Gasteiger partial charge in [0.25, 0.3) is 0 Å². The van der Waals surface area contributed by atoms with Crippen molar-refractivity contribution in [2.24, 2.45) is 0 Å². The van der Waals surface area contributed by atoms with Gasteiger partial charge in [0.1, 0.15) is 0 Å². The Morgan fingerprint density at radius 3 is 2.25 bits per heavy atom. The zero-order valence-corrected chi connectivity index (χ0v) is 10.4. The SMILES string of the molecule is O=S([O-])(=S)Cc1ccccc1.[Na+]. The first-order chi connectivity index (χ1) is 5.08. The van der Waals surface area contributed by atoms with E-state index >= 15 is 0 Å². The van der Waals surface area contributed by atoms with Crippen LogP contribution in [0.2, 0.25) is 0 Å². The Bertz CT molecular complexity index is 321. The fourth-order valence-electron chi connectivity index (χ4n) is 0.778. The van der Waals surface area contributed by atoms with Crippen molar-refractivity contribution in [3.8, 4) is 0 Å². The van der Waals surface area contributed by atoms with Gasteiger partial charge in [-0.1, -0.05) is 30.3 Å². The minimum atomic E-state index is -3.29. The molecule has 0 heterocycles. The summed E-state index contributed by atoms with van der Waals surface area (Å²) in [6, 6.07) is 8.89. The van der Waals surface area contributed by atoms with Crippen molar-refractivity contribution < 1.29 is 38.3 Å². The van der Waals surface area contributed by atoms with Crippen LogP contribution in [0.25, 0.3) is 0 Å². The van der Waals surface area contributed by atoms with E-state index < -0.39 is 8.77 Å². The molecule has 1 unspecified atom stereocenters. The van der Waals surface area contributed by atoms with Gasteiger partial charge in [-0.2, -0.15) is 0 Å². The van der Waals surface area contributed by atoms with E-state index in [2.05, 4.69) is 11.2 Å². The molecule has 60 valence electrons. The third-order valence-corrected chi connectivity index (χ3v) is 2.23. The van der Waals surface area contributed by atoms with Crippen LogP contribution in [0.4, 0.5) is 0 Å². The normalized spacial score (nSPS) is 14.4. The summed E-state index contributed by atoms with van der Waals surface area (Å²) in [4.78, 5) is 0. The summed E-state index contributed by atoms with van der Waals surface area (Å²) in [5, 5.41) is 0. The summed E-state index contributed by atoms with van der Waals surface area (Å²) < 4.78 is 21.2. The first-order valence-corrected chi connectivity index (χ1v) is 5.63. The van der Waals surface area contributed by atoms with Crippen molar-refractivity contribution >= 4 is 20.0 Å². The molecule has 0 aliphatic rings. The van der Waals surface area contributed by atoms with E-state index in [0.717, 1.165) is 5.56 Å². The van der Waals surface area contributed by atoms with Crippen LogP contribution in [0.3, 0.4) is 0 Å². The molecule has 0 spiro atoms. The van der Waals surface area contributed by atoms with E-state index in [1.807, 2.05) is 6.07 Å². The van der Waals surface area contributed by atoms with Crippen LogP contribution in [0.15, 0.2) is 30.3 Å². The smallest absolute Gasteiger partial charge is 0.769 e. The van der Waals surface area contributed by atoms with Crippen molar-refractivity contribution in [3.05, 3.63) is 35.9 Å². The van der Waals surface area contributed by atoms with Crippen LogP contribution in [0.5, 0.6) is 0 Å². The Labute approximate surface area is 99.2 Å². The van der Waals surface area contributed by atoms with Gasteiger partial charge in [-0.05, 0) is 25.5 Å². The monoisotopic (exact) mass is 210 g/mol. The van der Waals surface area contributed by atoms with E-state index in [1.54, 1.807) is 24.3 Å². The molecule has 0 N–H and O–H groups in total. The van der Waals surface area contributed by atoms with Crippen LogP contribution in [0.1, 0.15) is 5.56 Å². The van der Waals surface area contributed by atoms with Crippen LogP contribution in [-0.2, 0) is 25.7 Å². The van der Waals surface area contributed by atoms with Gasteiger partial charge in [0, 0.05) is 5.75 Å².